The number of fused-ring (bicyclic) bond motifs is 1. The highest BCUT2D eigenvalue weighted by molar-refractivity contribution is 6.45. The SMILES string of the molecule is C.CC1=C(C)C2C(=O)C(=O)C(C)=C(C)C2C(C)=C1C. The van der Waals surface area contributed by atoms with Gasteiger partial charge in [0.25, 0.3) is 0 Å². The third kappa shape index (κ3) is 1.94. The maximum absolute atomic E-state index is 12.3. The van der Waals surface area contributed by atoms with Gasteiger partial charge >= 0.3 is 0 Å². The van der Waals surface area contributed by atoms with Crippen LogP contribution in [0.1, 0.15) is 49.0 Å². The van der Waals surface area contributed by atoms with Crippen LogP contribution in [-0.4, -0.2) is 11.6 Å². The zero-order chi connectivity index (χ0) is 13.8. The van der Waals surface area contributed by atoms with Gasteiger partial charge in [-0.25, -0.2) is 0 Å². The van der Waals surface area contributed by atoms with Crippen molar-refractivity contribution in [2.24, 2.45) is 11.8 Å². The molecule has 104 valence electrons. The van der Waals surface area contributed by atoms with Crippen molar-refractivity contribution >= 4 is 11.6 Å². The van der Waals surface area contributed by atoms with Crippen molar-refractivity contribution in [3.8, 4) is 0 Å². The summed E-state index contributed by atoms with van der Waals surface area (Å²) in [5.74, 6) is -0.691. The normalized spacial score (nSPS) is 27.7. The Hall–Kier alpha value is -1.44. The van der Waals surface area contributed by atoms with E-state index in [2.05, 4.69) is 13.8 Å². The molecule has 2 unspecified atom stereocenters. The number of carbonyl (C=O) groups is 2. The minimum Gasteiger partial charge on any atom is -0.290 e. The van der Waals surface area contributed by atoms with Gasteiger partial charge in [-0.1, -0.05) is 24.1 Å². The van der Waals surface area contributed by atoms with Crippen LogP contribution in [0.25, 0.3) is 0 Å². The molecule has 19 heavy (non-hydrogen) atoms. The molecule has 0 heterocycles. The number of carbonyl (C=O) groups excluding carboxylic acids is 2. The zero-order valence-electron chi connectivity index (χ0n) is 12.0. The highest BCUT2D eigenvalue weighted by Gasteiger charge is 2.43. The fourth-order valence-corrected chi connectivity index (χ4v) is 3.22. The largest absolute Gasteiger partial charge is 0.290 e. The predicted octanol–water partition coefficient (Wildman–Crippen LogP) is 4.03. The van der Waals surface area contributed by atoms with E-state index in [4.69, 9.17) is 0 Å². The summed E-state index contributed by atoms with van der Waals surface area (Å²) < 4.78 is 0. The molecule has 0 aromatic carbocycles. The molecular formula is C17H24O2. The molecule has 2 nitrogen and oxygen atoms in total. The summed E-state index contributed by atoms with van der Waals surface area (Å²) in [5, 5.41) is 0. The van der Waals surface area contributed by atoms with Gasteiger partial charge in [-0.05, 0) is 58.3 Å². The van der Waals surface area contributed by atoms with Crippen LogP contribution in [0.4, 0.5) is 0 Å². The Kier molecular flexibility index (Phi) is 4.04. The average molecular weight is 260 g/mol. The fourth-order valence-electron chi connectivity index (χ4n) is 3.22. The average Bonchev–Trinajstić information content (AvgIpc) is 2.35. The van der Waals surface area contributed by atoms with Gasteiger partial charge < -0.3 is 0 Å². The molecule has 2 rings (SSSR count). The molecule has 2 heteroatoms. The third-order valence-electron chi connectivity index (χ3n) is 4.92. The first-order valence-electron chi connectivity index (χ1n) is 6.40. The summed E-state index contributed by atoms with van der Waals surface area (Å²) in [5.41, 5.74) is 6.44. The predicted molar refractivity (Wildman–Crippen MR) is 78.8 cm³/mol. The number of ketones is 2. The Morgan fingerprint density at radius 2 is 1.00 bits per heavy atom. The van der Waals surface area contributed by atoms with Crippen molar-refractivity contribution in [3.05, 3.63) is 33.4 Å². The van der Waals surface area contributed by atoms with Crippen molar-refractivity contribution in [3.63, 3.8) is 0 Å². The van der Waals surface area contributed by atoms with Crippen LogP contribution in [0.5, 0.6) is 0 Å². The van der Waals surface area contributed by atoms with E-state index >= 15 is 0 Å². The van der Waals surface area contributed by atoms with E-state index in [0.29, 0.717) is 5.57 Å². The van der Waals surface area contributed by atoms with E-state index in [1.165, 1.54) is 16.7 Å². The first kappa shape index (κ1) is 15.6. The summed E-state index contributed by atoms with van der Waals surface area (Å²) in [6.45, 7) is 12.0. The second-order valence-corrected chi connectivity index (χ2v) is 5.57. The minimum atomic E-state index is -0.298. The number of Topliss-reactive ketones (excluding diaryl/α,β-unsaturated/α-hetero) is 2. The van der Waals surface area contributed by atoms with Gasteiger partial charge in [-0.2, -0.15) is 0 Å². The van der Waals surface area contributed by atoms with Crippen molar-refractivity contribution in [2.45, 2.75) is 49.0 Å². The van der Waals surface area contributed by atoms with Gasteiger partial charge in [0.05, 0.1) is 5.92 Å². The van der Waals surface area contributed by atoms with E-state index < -0.39 is 0 Å². The van der Waals surface area contributed by atoms with E-state index in [0.717, 1.165) is 11.1 Å². The molecule has 0 aromatic heterocycles. The summed E-state index contributed by atoms with van der Waals surface area (Å²) in [7, 11) is 0. The molecule has 0 bridgehead atoms. The van der Waals surface area contributed by atoms with Crippen LogP contribution in [0.2, 0.25) is 0 Å². The molecule has 0 fully saturated rings. The number of hydrogen-bond donors (Lipinski definition) is 0. The van der Waals surface area contributed by atoms with Crippen LogP contribution in [0, 0.1) is 11.8 Å². The summed E-state index contributed by atoms with van der Waals surface area (Å²) in [6, 6.07) is 0. The molecule has 2 aliphatic carbocycles. The van der Waals surface area contributed by atoms with Crippen LogP contribution in [0.3, 0.4) is 0 Å². The Morgan fingerprint density at radius 3 is 1.47 bits per heavy atom. The van der Waals surface area contributed by atoms with Crippen LogP contribution < -0.4 is 0 Å². The third-order valence-corrected chi connectivity index (χ3v) is 4.92. The zero-order valence-corrected chi connectivity index (χ0v) is 12.0. The van der Waals surface area contributed by atoms with E-state index in [1.54, 1.807) is 6.92 Å². The lowest BCUT2D eigenvalue weighted by Gasteiger charge is -2.38. The van der Waals surface area contributed by atoms with Crippen LogP contribution in [0.15, 0.2) is 33.4 Å². The lowest BCUT2D eigenvalue weighted by Crippen LogP contribution is -2.40. The Bertz CT molecular complexity index is 546. The van der Waals surface area contributed by atoms with Crippen molar-refractivity contribution in [1.29, 1.82) is 0 Å². The second kappa shape index (κ2) is 4.92. The highest BCUT2D eigenvalue weighted by Crippen LogP contribution is 2.45. The first-order chi connectivity index (χ1) is 8.29. The molecule has 0 saturated carbocycles. The Labute approximate surface area is 116 Å². The van der Waals surface area contributed by atoms with E-state index in [-0.39, 0.29) is 30.8 Å². The maximum atomic E-state index is 12.3. The molecular weight excluding hydrogens is 236 g/mol. The van der Waals surface area contributed by atoms with Gasteiger partial charge in [0.2, 0.25) is 11.6 Å². The molecule has 0 aromatic rings. The Morgan fingerprint density at radius 1 is 0.632 bits per heavy atom. The van der Waals surface area contributed by atoms with Gasteiger partial charge in [0.1, 0.15) is 0 Å². The fraction of sp³-hybridized carbons (Fsp3) is 0.529. The molecule has 0 amide bonds. The summed E-state index contributed by atoms with van der Waals surface area (Å²) in [4.78, 5) is 24.3. The van der Waals surface area contributed by atoms with Crippen LogP contribution in [-0.2, 0) is 9.59 Å². The smallest absolute Gasteiger partial charge is 0.224 e. The second-order valence-electron chi connectivity index (χ2n) is 5.57. The quantitative estimate of drug-likeness (QED) is 0.616. The van der Waals surface area contributed by atoms with Gasteiger partial charge in [0.15, 0.2) is 0 Å². The molecule has 2 aliphatic rings. The summed E-state index contributed by atoms with van der Waals surface area (Å²) >= 11 is 0. The Balaban J connectivity index is 0.00000180. The van der Waals surface area contributed by atoms with Crippen molar-refractivity contribution < 1.29 is 9.59 Å². The number of allylic oxidation sites excluding steroid dienone is 6. The first-order valence-corrected chi connectivity index (χ1v) is 6.40. The van der Waals surface area contributed by atoms with E-state index in [9.17, 15) is 9.59 Å². The van der Waals surface area contributed by atoms with Crippen molar-refractivity contribution in [1.82, 2.24) is 0 Å². The van der Waals surface area contributed by atoms with Gasteiger partial charge in [-0.15, -0.1) is 0 Å². The molecule has 0 radical (unpaired) electrons. The highest BCUT2D eigenvalue weighted by atomic mass is 16.2. The summed E-state index contributed by atoms with van der Waals surface area (Å²) in [6.07, 6.45) is 0. The van der Waals surface area contributed by atoms with E-state index in [1.807, 2.05) is 20.8 Å². The van der Waals surface area contributed by atoms with Crippen molar-refractivity contribution in [2.75, 3.05) is 0 Å². The minimum absolute atomic E-state index is 0. The topological polar surface area (TPSA) is 34.1 Å². The van der Waals surface area contributed by atoms with Gasteiger partial charge in [-0.3, -0.25) is 9.59 Å². The molecule has 0 saturated heterocycles. The lowest BCUT2D eigenvalue weighted by atomic mass is 9.64. The van der Waals surface area contributed by atoms with Crippen LogP contribution >= 0.6 is 0 Å². The number of rotatable bonds is 0. The molecule has 0 spiro atoms. The lowest BCUT2D eigenvalue weighted by molar-refractivity contribution is -0.137. The monoisotopic (exact) mass is 260 g/mol. The molecule has 0 aliphatic heterocycles. The molecule has 0 N–H and O–H groups in total. The maximum Gasteiger partial charge on any atom is 0.224 e. The molecule has 2 atom stereocenters. The van der Waals surface area contributed by atoms with Gasteiger partial charge in [0, 0.05) is 5.92 Å². The standard InChI is InChI=1S/C16H20O2.CH4/c1-7-8(2)10(4)14-13(9(7)3)11(5)12(6)15(17)16(14)18;/h13-14H,1-6H3;1H4. The number of hydrogen-bond acceptors (Lipinski definition) is 2.